The van der Waals surface area contributed by atoms with Gasteiger partial charge in [-0.1, -0.05) is 30.1 Å². The topological polar surface area (TPSA) is 71.2 Å². The molecule has 20 heavy (non-hydrogen) atoms. The molecule has 1 aromatic heterocycles. The molecule has 2 aromatic rings. The van der Waals surface area contributed by atoms with Crippen molar-refractivity contribution in [2.75, 3.05) is 6.54 Å². The fourth-order valence-electron chi connectivity index (χ4n) is 2.52. The Hall–Kier alpha value is -1.88. The predicted octanol–water partition coefficient (Wildman–Crippen LogP) is 2.57. The zero-order valence-corrected chi connectivity index (χ0v) is 11.4. The summed E-state index contributed by atoms with van der Waals surface area (Å²) < 4.78 is 5.38. The molecule has 1 fully saturated rings. The molecule has 0 spiro atoms. The quantitative estimate of drug-likeness (QED) is 0.899. The Labute approximate surface area is 118 Å². The van der Waals surface area contributed by atoms with Gasteiger partial charge in [0, 0.05) is 6.42 Å². The van der Waals surface area contributed by atoms with Gasteiger partial charge >= 0.3 is 0 Å². The highest BCUT2D eigenvalue weighted by molar-refractivity contribution is 5.27. The third-order valence-electron chi connectivity index (χ3n) is 3.64. The maximum absolute atomic E-state index is 9.27. The zero-order valence-electron chi connectivity index (χ0n) is 11.4. The van der Waals surface area contributed by atoms with Crippen LogP contribution in [0.25, 0.3) is 0 Å². The molecule has 5 heteroatoms. The van der Waals surface area contributed by atoms with Crippen molar-refractivity contribution >= 4 is 0 Å². The van der Waals surface area contributed by atoms with Crippen molar-refractivity contribution in [3.63, 3.8) is 0 Å². The molecule has 2 N–H and O–H groups in total. The molecule has 0 aliphatic carbocycles. The van der Waals surface area contributed by atoms with Gasteiger partial charge < -0.3 is 14.9 Å². The Morgan fingerprint density at radius 1 is 1.20 bits per heavy atom. The first-order valence-electron chi connectivity index (χ1n) is 7.15. The average Bonchev–Trinajstić information content (AvgIpc) is 2.74. The lowest BCUT2D eigenvalue weighted by molar-refractivity contribution is 0.325. The lowest BCUT2D eigenvalue weighted by Crippen LogP contribution is -2.20. The van der Waals surface area contributed by atoms with Crippen LogP contribution in [0.4, 0.5) is 0 Å². The Kier molecular flexibility index (Phi) is 3.97. The van der Waals surface area contributed by atoms with E-state index in [1.54, 1.807) is 12.1 Å². The number of phenols is 1. The van der Waals surface area contributed by atoms with Crippen LogP contribution in [0.3, 0.4) is 0 Å². The molecular weight excluding hydrogens is 254 g/mol. The molecule has 2 heterocycles. The first-order valence-corrected chi connectivity index (χ1v) is 7.15. The second kappa shape index (κ2) is 6.05. The molecule has 106 valence electrons. The molecule has 0 amide bonds. The summed E-state index contributed by atoms with van der Waals surface area (Å²) in [5, 5.41) is 16.8. The van der Waals surface area contributed by atoms with Crippen LogP contribution in [-0.4, -0.2) is 21.8 Å². The van der Waals surface area contributed by atoms with E-state index in [0.29, 0.717) is 18.1 Å². The van der Waals surface area contributed by atoms with E-state index in [1.807, 2.05) is 12.1 Å². The van der Waals surface area contributed by atoms with E-state index in [0.717, 1.165) is 18.5 Å². The highest BCUT2D eigenvalue weighted by Gasteiger charge is 2.20. The van der Waals surface area contributed by atoms with E-state index in [2.05, 4.69) is 15.5 Å². The summed E-state index contributed by atoms with van der Waals surface area (Å²) in [6.07, 6.45) is 5.35. The molecule has 1 saturated heterocycles. The summed E-state index contributed by atoms with van der Waals surface area (Å²) in [5.74, 6) is 1.66. The summed E-state index contributed by atoms with van der Waals surface area (Å²) in [5.41, 5.74) is 1.06. The summed E-state index contributed by atoms with van der Waals surface area (Å²) in [6.45, 7) is 1.01. The Morgan fingerprint density at radius 3 is 2.90 bits per heavy atom. The van der Waals surface area contributed by atoms with E-state index in [9.17, 15) is 5.11 Å². The van der Waals surface area contributed by atoms with Crippen molar-refractivity contribution in [2.45, 2.75) is 38.1 Å². The van der Waals surface area contributed by atoms with Gasteiger partial charge in [0.2, 0.25) is 5.89 Å². The normalized spacial score (nSPS) is 19.7. The zero-order chi connectivity index (χ0) is 13.8. The van der Waals surface area contributed by atoms with Crippen LogP contribution < -0.4 is 5.32 Å². The van der Waals surface area contributed by atoms with Crippen LogP contribution in [0.15, 0.2) is 28.8 Å². The highest BCUT2D eigenvalue weighted by atomic mass is 16.5. The predicted molar refractivity (Wildman–Crippen MR) is 74.4 cm³/mol. The highest BCUT2D eigenvalue weighted by Crippen LogP contribution is 2.21. The summed E-state index contributed by atoms with van der Waals surface area (Å²) >= 11 is 0. The fourth-order valence-corrected chi connectivity index (χ4v) is 2.52. The smallest absolute Gasteiger partial charge is 0.243 e. The third-order valence-corrected chi connectivity index (χ3v) is 3.64. The molecule has 3 rings (SSSR count). The number of hydrogen-bond donors (Lipinski definition) is 2. The summed E-state index contributed by atoms with van der Waals surface area (Å²) in [7, 11) is 0. The standard InChI is InChI=1S/C15H19N3O2/c19-12-7-5-11(6-8-12)10-14-17-15(20-18-14)13-4-2-1-3-9-16-13/h5-8,13,16,19H,1-4,9-10H2. The fraction of sp³-hybridized carbons (Fsp3) is 0.467. The van der Waals surface area contributed by atoms with Gasteiger partial charge in [0.1, 0.15) is 5.75 Å². The van der Waals surface area contributed by atoms with Gasteiger partial charge in [-0.05, 0) is 37.1 Å². The maximum atomic E-state index is 9.27. The monoisotopic (exact) mass is 273 g/mol. The van der Waals surface area contributed by atoms with Crippen LogP contribution in [0, 0.1) is 0 Å². The van der Waals surface area contributed by atoms with Crippen molar-refractivity contribution < 1.29 is 9.63 Å². The number of aromatic hydroxyl groups is 1. The van der Waals surface area contributed by atoms with Gasteiger partial charge in [-0.25, -0.2) is 0 Å². The van der Waals surface area contributed by atoms with Crippen molar-refractivity contribution in [3.8, 4) is 5.75 Å². The molecule has 0 saturated carbocycles. The van der Waals surface area contributed by atoms with Crippen LogP contribution in [-0.2, 0) is 6.42 Å². The minimum atomic E-state index is 0.193. The maximum Gasteiger partial charge on any atom is 0.243 e. The van der Waals surface area contributed by atoms with Crippen LogP contribution in [0.2, 0.25) is 0 Å². The Morgan fingerprint density at radius 2 is 2.05 bits per heavy atom. The van der Waals surface area contributed by atoms with Crippen molar-refractivity contribution in [1.82, 2.24) is 15.5 Å². The molecule has 0 radical (unpaired) electrons. The van der Waals surface area contributed by atoms with Crippen molar-refractivity contribution in [1.29, 1.82) is 0 Å². The Balaban J connectivity index is 1.68. The molecule has 5 nitrogen and oxygen atoms in total. The number of benzene rings is 1. The van der Waals surface area contributed by atoms with E-state index in [4.69, 9.17) is 4.52 Å². The summed E-state index contributed by atoms with van der Waals surface area (Å²) in [4.78, 5) is 4.49. The minimum Gasteiger partial charge on any atom is -0.508 e. The number of hydrogen-bond acceptors (Lipinski definition) is 5. The van der Waals surface area contributed by atoms with Crippen molar-refractivity contribution in [2.24, 2.45) is 0 Å². The number of rotatable bonds is 3. The Bertz CT molecular complexity index is 543. The van der Waals surface area contributed by atoms with E-state index >= 15 is 0 Å². The van der Waals surface area contributed by atoms with E-state index in [1.165, 1.54) is 19.3 Å². The van der Waals surface area contributed by atoms with Crippen LogP contribution >= 0.6 is 0 Å². The second-order valence-corrected chi connectivity index (χ2v) is 5.25. The number of aromatic nitrogens is 2. The molecule has 1 atom stereocenters. The molecule has 1 aliphatic heterocycles. The summed E-state index contributed by atoms with van der Waals surface area (Å²) in [6, 6.07) is 7.27. The lowest BCUT2D eigenvalue weighted by atomic mass is 10.1. The minimum absolute atomic E-state index is 0.193. The first-order chi connectivity index (χ1) is 9.81. The van der Waals surface area contributed by atoms with Gasteiger partial charge in [0.25, 0.3) is 0 Å². The van der Waals surface area contributed by atoms with Gasteiger partial charge in [0.15, 0.2) is 5.82 Å². The number of phenolic OH excluding ortho intramolecular Hbond substituents is 1. The van der Waals surface area contributed by atoms with Gasteiger partial charge in [0.05, 0.1) is 6.04 Å². The van der Waals surface area contributed by atoms with Crippen molar-refractivity contribution in [3.05, 3.63) is 41.5 Å². The molecule has 0 bridgehead atoms. The van der Waals surface area contributed by atoms with E-state index in [-0.39, 0.29) is 11.8 Å². The molecule has 1 unspecified atom stereocenters. The molecule has 1 aliphatic rings. The largest absolute Gasteiger partial charge is 0.508 e. The molecule has 1 aromatic carbocycles. The van der Waals surface area contributed by atoms with Gasteiger partial charge in [-0.3, -0.25) is 0 Å². The molecular formula is C15H19N3O2. The van der Waals surface area contributed by atoms with Crippen LogP contribution in [0.5, 0.6) is 5.75 Å². The number of nitrogens with one attached hydrogen (secondary N) is 1. The SMILES string of the molecule is Oc1ccc(Cc2noc(C3CCCCCN3)n2)cc1. The average molecular weight is 273 g/mol. The van der Waals surface area contributed by atoms with Crippen LogP contribution in [0.1, 0.15) is 49.0 Å². The second-order valence-electron chi connectivity index (χ2n) is 5.25. The van der Waals surface area contributed by atoms with Gasteiger partial charge in [-0.15, -0.1) is 0 Å². The number of nitrogens with zero attached hydrogens (tertiary/aromatic N) is 2. The lowest BCUT2D eigenvalue weighted by Gasteiger charge is -2.09. The van der Waals surface area contributed by atoms with E-state index < -0.39 is 0 Å². The van der Waals surface area contributed by atoms with Gasteiger partial charge in [-0.2, -0.15) is 4.98 Å². The first kappa shape index (κ1) is 13.1. The third kappa shape index (κ3) is 3.17.